The first-order chi connectivity index (χ1) is 16.0. The zero-order chi connectivity index (χ0) is 24.8. The number of alkyl halides is 3. The Hall–Kier alpha value is -3.68. The highest BCUT2D eigenvalue weighted by molar-refractivity contribution is 6.08. The van der Waals surface area contributed by atoms with Crippen molar-refractivity contribution in [1.29, 1.82) is 0 Å². The molecule has 0 radical (unpaired) electrons. The molecule has 4 rings (SSSR count). The molecular formula is C26H22F4N2O2. The number of fused-ring (bicyclic) bond motifs is 1. The van der Waals surface area contributed by atoms with Gasteiger partial charge in [-0.1, -0.05) is 38.1 Å². The van der Waals surface area contributed by atoms with E-state index in [1.165, 1.54) is 0 Å². The SMILES string of the molecule is Cc1ccccc1C1NC(=O)c2cc(C(C)C)cc(NC(=O)c3cc(F)cc(C(F)(F)F)c3)c21. The van der Waals surface area contributed by atoms with Crippen LogP contribution in [0.5, 0.6) is 0 Å². The van der Waals surface area contributed by atoms with Crippen molar-refractivity contribution in [2.24, 2.45) is 0 Å². The second-order valence-corrected chi connectivity index (χ2v) is 8.63. The lowest BCUT2D eigenvalue weighted by molar-refractivity contribution is -0.137. The van der Waals surface area contributed by atoms with E-state index < -0.39 is 35.1 Å². The van der Waals surface area contributed by atoms with Gasteiger partial charge >= 0.3 is 6.18 Å². The van der Waals surface area contributed by atoms with Crippen LogP contribution in [0.15, 0.2) is 54.6 Å². The average Bonchev–Trinajstić information content (AvgIpc) is 3.09. The van der Waals surface area contributed by atoms with Gasteiger partial charge in [0.1, 0.15) is 5.82 Å². The van der Waals surface area contributed by atoms with Gasteiger partial charge in [0, 0.05) is 22.4 Å². The third-order valence-electron chi connectivity index (χ3n) is 5.91. The lowest BCUT2D eigenvalue weighted by atomic mass is 9.90. The van der Waals surface area contributed by atoms with E-state index in [0.717, 1.165) is 22.8 Å². The molecule has 176 valence electrons. The molecule has 0 saturated heterocycles. The van der Waals surface area contributed by atoms with Crippen LogP contribution in [0.4, 0.5) is 23.2 Å². The van der Waals surface area contributed by atoms with E-state index in [1.807, 2.05) is 45.0 Å². The van der Waals surface area contributed by atoms with Crippen LogP contribution in [0.2, 0.25) is 0 Å². The zero-order valence-corrected chi connectivity index (χ0v) is 18.7. The van der Waals surface area contributed by atoms with Gasteiger partial charge < -0.3 is 10.6 Å². The smallest absolute Gasteiger partial charge is 0.341 e. The van der Waals surface area contributed by atoms with E-state index in [-0.39, 0.29) is 17.5 Å². The molecule has 0 bridgehead atoms. The Morgan fingerprint density at radius 1 is 1.06 bits per heavy atom. The number of anilines is 1. The number of rotatable bonds is 4. The molecule has 0 saturated carbocycles. The van der Waals surface area contributed by atoms with Gasteiger partial charge in [-0.05, 0) is 59.9 Å². The second-order valence-electron chi connectivity index (χ2n) is 8.63. The predicted molar refractivity (Wildman–Crippen MR) is 120 cm³/mol. The summed E-state index contributed by atoms with van der Waals surface area (Å²) in [6.07, 6.45) is -4.80. The maximum Gasteiger partial charge on any atom is 0.416 e. The van der Waals surface area contributed by atoms with Gasteiger partial charge in [-0.25, -0.2) is 4.39 Å². The number of benzene rings is 3. The Labute approximate surface area is 194 Å². The number of carbonyl (C=O) groups is 2. The number of hydrogen-bond donors (Lipinski definition) is 2. The molecule has 3 aromatic carbocycles. The molecule has 1 unspecified atom stereocenters. The second kappa shape index (κ2) is 8.59. The van der Waals surface area contributed by atoms with Gasteiger partial charge in [0.15, 0.2) is 0 Å². The van der Waals surface area contributed by atoms with Crippen molar-refractivity contribution in [3.05, 3.63) is 99.4 Å². The quantitative estimate of drug-likeness (QED) is 0.436. The first-order valence-corrected chi connectivity index (χ1v) is 10.7. The van der Waals surface area contributed by atoms with E-state index in [0.29, 0.717) is 23.3 Å². The summed E-state index contributed by atoms with van der Waals surface area (Å²) in [5, 5.41) is 5.57. The van der Waals surface area contributed by atoms with Gasteiger partial charge in [0.25, 0.3) is 11.8 Å². The maximum atomic E-state index is 13.9. The van der Waals surface area contributed by atoms with Crippen molar-refractivity contribution in [2.75, 3.05) is 5.32 Å². The Balaban J connectivity index is 1.82. The summed E-state index contributed by atoms with van der Waals surface area (Å²) in [6, 6.07) is 12.0. The van der Waals surface area contributed by atoms with Crippen LogP contribution in [0, 0.1) is 12.7 Å². The first-order valence-electron chi connectivity index (χ1n) is 10.7. The van der Waals surface area contributed by atoms with Crippen molar-refractivity contribution >= 4 is 17.5 Å². The van der Waals surface area contributed by atoms with Crippen LogP contribution in [-0.2, 0) is 6.18 Å². The first kappa shape index (κ1) is 23.5. The van der Waals surface area contributed by atoms with Crippen molar-refractivity contribution < 1.29 is 27.2 Å². The van der Waals surface area contributed by atoms with Crippen LogP contribution in [0.1, 0.15) is 74.3 Å². The average molecular weight is 470 g/mol. The molecule has 1 atom stereocenters. The summed E-state index contributed by atoms with van der Waals surface area (Å²) in [6.45, 7) is 5.73. The third-order valence-corrected chi connectivity index (χ3v) is 5.91. The summed E-state index contributed by atoms with van der Waals surface area (Å²) >= 11 is 0. The Morgan fingerprint density at radius 3 is 2.41 bits per heavy atom. The predicted octanol–water partition coefficient (Wildman–Crippen LogP) is 6.36. The number of carbonyl (C=O) groups excluding carboxylic acids is 2. The fourth-order valence-corrected chi connectivity index (χ4v) is 4.12. The molecule has 8 heteroatoms. The molecule has 3 aromatic rings. The minimum Gasteiger partial charge on any atom is -0.341 e. The number of halogens is 4. The zero-order valence-electron chi connectivity index (χ0n) is 18.7. The van der Waals surface area contributed by atoms with Gasteiger partial charge in [-0.2, -0.15) is 13.2 Å². The largest absolute Gasteiger partial charge is 0.416 e. The number of hydrogen-bond acceptors (Lipinski definition) is 2. The number of nitrogens with one attached hydrogen (secondary N) is 2. The fourth-order valence-electron chi connectivity index (χ4n) is 4.12. The number of aryl methyl sites for hydroxylation is 1. The van der Waals surface area contributed by atoms with Gasteiger partial charge in [0.05, 0.1) is 11.6 Å². The molecule has 2 amide bonds. The van der Waals surface area contributed by atoms with E-state index in [1.54, 1.807) is 12.1 Å². The monoisotopic (exact) mass is 470 g/mol. The fraction of sp³-hybridized carbons (Fsp3) is 0.231. The van der Waals surface area contributed by atoms with Crippen molar-refractivity contribution in [3.63, 3.8) is 0 Å². The molecule has 34 heavy (non-hydrogen) atoms. The van der Waals surface area contributed by atoms with Crippen LogP contribution in [0.3, 0.4) is 0 Å². The van der Waals surface area contributed by atoms with Crippen molar-refractivity contribution in [3.8, 4) is 0 Å². The van der Waals surface area contributed by atoms with E-state index in [2.05, 4.69) is 10.6 Å². The minimum atomic E-state index is -4.80. The van der Waals surface area contributed by atoms with Crippen LogP contribution in [-0.4, -0.2) is 11.8 Å². The van der Waals surface area contributed by atoms with Crippen LogP contribution in [0.25, 0.3) is 0 Å². The summed E-state index contributed by atoms with van der Waals surface area (Å²) < 4.78 is 53.3. The minimum absolute atomic E-state index is 0.0114. The van der Waals surface area contributed by atoms with Gasteiger partial charge in [-0.3, -0.25) is 9.59 Å². The highest BCUT2D eigenvalue weighted by Gasteiger charge is 2.35. The molecular weight excluding hydrogens is 448 g/mol. The molecule has 1 aliphatic heterocycles. The van der Waals surface area contributed by atoms with Gasteiger partial charge in [0.2, 0.25) is 0 Å². The summed E-state index contributed by atoms with van der Waals surface area (Å²) in [5.41, 5.74) is 1.97. The van der Waals surface area contributed by atoms with E-state index in [4.69, 9.17) is 0 Å². The van der Waals surface area contributed by atoms with Crippen molar-refractivity contribution in [2.45, 2.75) is 38.9 Å². The normalized spacial score (nSPS) is 15.3. The molecule has 0 aliphatic carbocycles. The molecule has 1 heterocycles. The lowest BCUT2D eigenvalue weighted by Gasteiger charge is -2.20. The Kier molecular flexibility index (Phi) is 5.93. The van der Waals surface area contributed by atoms with Gasteiger partial charge in [-0.15, -0.1) is 0 Å². The summed E-state index contributed by atoms with van der Waals surface area (Å²) in [5.74, 6) is -2.38. The standard InChI is InChI=1S/C26H22F4N2O2/c1-13(2)15-10-20-22(23(32-25(20)34)19-7-5-4-6-14(19)3)21(11-15)31-24(33)16-8-17(26(28,29)30)12-18(27)9-16/h4-13,23H,1-3H3,(H,31,33)(H,32,34). The molecule has 0 aromatic heterocycles. The molecule has 0 fully saturated rings. The molecule has 2 N–H and O–H groups in total. The molecule has 4 nitrogen and oxygen atoms in total. The molecule has 1 aliphatic rings. The number of amides is 2. The Morgan fingerprint density at radius 2 is 1.76 bits per heavy atom. The van der Waals surface area contributed by atoms with Crippen LogP contribution < -0.4 is 10.6 Å². The van der Waals surface area contributed by atoms with Crippen molar-refractivity contribution in [1.82, 2.24) is 5.32 Å². The highest BCUT2D eigenvalue weighted by Crippen LogP contribution is 2.40. The maximum absolute atomic E-state index is 13.9. The van der Waals surface area contributed by atoms with Crippen LogP contribution >= 0.6 is 0 Å². The summed E-state index contributed by atoms with van der Waals surface area (Å²) in [4.78, 5) is 25.8. The molecule has 0 spiro atoms. The summed E-state index contributed by atoms with van der Waals surface area (Å²) in [7, 11) is 0. The van der Waals surface area contributed by atoms with E-state index >= 15 is 0 Å². The lowest BCUT2D eigenvalue weighted by Crippen LogP contribution is -2.21. The topological polar surface area (TPSA) is 58.2 Å². The highest BCUT2D eigenvalue weighted by atomic mass is 19.4. The van der Waals surface area contributed by atoms with E-state index in [9.17, 15) is 27.2 Å². The third kappa shape index (κ3) is 4.40. The Bertz CT molecular complexity index is 1300.